The Morgan fingerprint density at radius 1 is 1.32 bits per heavy atom. The third-order valence-electron chi connectivity index (χ3n) is 6.36. The first-order valence-electron chi connectivity index (χ1n) is 10.8. The molecule has 0 saturated carbocycles. The maximum atomic E-state index is 12.8. The molecule has 1 unspecified atom stereocenters. The molecule has 2 aliphatic heterocycles. The van der Waals surface area contributed by atoms with E-state index in [-0.39, 0.29) is 11.3 Å². The number of likely N-dealkylation sites (tertiary alicyclic amines) is 2. The molecule has 1 amide bonds. The summed E-state index contributed by atoms with van der Waals surface area (Å²) in [5.74, 6) is -1.15. The second kappa shape index (κ2) is 10.6. The van der Waals surface area contributed by atoms with E-state index in [1.807, 2.05) is 17.9 Å². The van der Waals surface area contributed by atoms with Crippen LogP contribution >= 0.6 is 0 Å². The van der Waals surface area contributed by atoms with Crippen LogP contribution in [0.3, 0.4) is 0 Å². The van der Waals surface area contributed by atoms with Crippen molar-refractivity contribution in [2.45, 2.75) is 32.5 Å². The number of carbonyl (C=O) groups is 2. The lowest BCUT2D eigenvalue weighted by Gasteiger charge is -2.42. The molecule has 2 aromatic rings. The summed E-state index contributed by atoms with van der Waals surface area (Å²) in [6, 6.07) is 5.49. The Kier molecular flexibility index (Phi) is 8.03. The lowest BCUT2D eigenvalue weighted by molar-refractivity contribution is -0.192. The molecule has 0 radical (unpaired) electrons. The molecule has 1 N–H and O–H groups in total. The predicted octanol–water partition coefficient (Wildman–Crippen LogP) is 3.21. The maximum absolute atomic E-state index is 12.8. The first kappa shape index (κ1) is 25.8. The predicted molar refractivity (Wildman–Crippen MR) is 112 cm³/mol. The third kappa shape index (κ3) is 6.17. The summed E-state index contributed by atoms with van der Waals surface area (Å²) in [5, 5.41) is 11.2. The second-order valence-corrected chi connectivity index (χ2v) is 8.69. The van der Waals surface area contributed by atoms with Gasteiger partial charge in [0.05, 0.1) is 18.6 Å². The van der Waals surface area contributed by atoms with Crippen LogP contribution < -0.4 is 0 Å². The first-order chi connectivity index (χ1) is 16.0. The highest BCUT2D eigenvalue weighted by atomic mass is 19.4. The van der Waals surface area contributed by atoms with E-state index in [0.29, 0.717) is 18.3 Å². The number of alkyl halides is 3. The summed E-state index contributed by atoms with van der Waals surface area (Å²) in [5.41, 5.74) is 1.10. The monoisotopic (exact) mass is 487 g/mol. The van der Waals surface area contributed by atoms with Crippen LogP contribution in [0.15, 0.2) is 33.4 Å². The van der Waals surface area contributed by atoms with Gasteiger partial charge in [-0.15, -0.1) is 0 Å². The summed E-state index contributed by atoms with van der Waals surface area (Å²) in [6.07, 6.45) is -1.42. The zero-order valence-electron chi connectivity index (χ0n) is 19.0. The lowest BCUT2D eigenvalue weighted by atomic mass is 9.71. The first-order valence-corrected chi connectivity index (χ1v) is 10.8. The number of carboxylic acid groups (broad SMARTS) is 1. The molecule has 1 spiro atoms. The van der Waals surface area contributed by atoms with Gasteiger partial charge >= 0.3 is 12.1 Å². The van der Waals surface area contributed by atoms with E-state index in [4.69, 9.17) is 23.6 Å². The number of piperidine rings is 1. The van der Waals surface area contributed by atoms with Gasteiger partial charge in [-0.25, -0.2) is 4.79 Å². The van der Waals surface area contributed by atoms with Crippen molar-refractivity contribution in [1.29, 1.82) is 0 Å². The molecule has 12 heteroatoms. The van der Waals surface area contributed by atoms with Crippen LogP contribution in [0.5, 0.6) is 0 Å². The highest BCUT2D eigenvalue weighted by Gasteiger charge is 2.49. The SMILES string of the molecule is COCC1CN(C(=O)c2ccco2)CC12CCN(Cc1cc(C)on1)CC2.O=C(O)C(F)(F)F. The van der Waals surface area contributed by atoms with Crippen LogP contribution in [0.4, 0.5) is 13.2 Å². The standard InChI is InChI=1S/C20H27N3O4.C2HF3O2/c1-15-10-17(21-27-15)12-22-7-5-20(6-8-22)14-23(11-16(20)13-25-2)19(24)18-4-3-9-26-18;3-2(4,5)1(6)7/h3-4,9-10,16H,5-8,11-14H2,1-2H3;(H,6,7). The Morgan fingerprint density at radius 3 is 2.50 bits per heavy atom. The molecule has 0 aliphatic carbocycles. The molecule has 9 nitrogen and oxygen atoms in total. The number of aryl methyl sites for hydroxylation is 1. The van der Waals surface area contributed by atoms with Gasteiger partial charge in [-0.2, -0.15) is 13.2 Å². The number of nitrogens with zero attached hydrogens (tertiary/aromatic N) is 3. The Balaban J connectivity index is 0.000000406. The highest BCUT2D eigenvalue weighted by molar-refractivity contribution is 5.91. The average molecular weight is 487 g/mol. The zero-order valence-corrected chi connectivity index (χ0v) is 19.0. The summed E-state index contributed by atoms with van der Waals surface area (Å²) in [7, 11) is 1.74. The molecule has 188 valence electrons. The molecule has 2 saturated heterocycles. The zero-order chi connectivity index (χ0) is 24.9. The van der Waals surface area contributed by atoms with Crippen LogP contribution in [0.2, 0.25) is 0 Å². The van der Waals surface area contributed by atoms with E-state index >= 15 is 0 Å². The third-order valence-corrected chi connectivity index (χ3v) is 6.36. The molecule has 2 aromatic heterocycles. The maximum Gasteiger partial charge on any atom is 0.490 e. The molecule has 2 aliphatic rings. The molecule has 0 bridgehead atoms. The number of halogens is 3. The number of ether oxygens (including phenoxy) is 1. The minimum Gasteiger partial charge on any atom is -0.475 e. The van der Waals surface area contributed by atoms with Gasteiger partial charge < -0.3 is 23.7 Å². The van der Waals surface area contributed by atoms with E-state index in [1.165, 1.54) is 0 Å². The minimum absolute atomic E-state index is 0.0153. The summed E-state index contributed by atoms with van der Waals surface area (Å²) in [4.78, 5) is 26.0. The minimum atomic E-state index is -5.08. The topological polar surface area (TPSA) is 109 Å². The summed E-state index contributed by atoms with van der Waals surface area (Å²) < 4.78 is 47.7. The van der Waals surface area contributed by atoms with Crippen molar-refractivity contribution < 1.29 is 41.5 Å². The quantitative estimate of drug-likeness (QED) is 0.685. The van der Waals surface area contributed by atoms with Crippen molar-refractivity contribution in [3.05, 3.63) is 41.7 Å². The van der Waals surface area contributed by atoms with Gasteiger partial charge in [0.1, 0.15) is 5.76 Å². The Hall–Kier alpha value is -2.86. The summed E-state index contributed by atoms with van der Waals surface area (Å²) in [6.45, 7) is 6.92. The van der Waals surface area contributed by atoms with Crippen LogP contribution in [-0.2, 0) is 16.1 Å². The van der Waals surface area contributed by atoms with E-state index in [2.05, 4.69) is 10.1 Å². The van der Waals surface area contributed by atoms with Gasteiger partial charge in [-0.05, 0) is 50.4 Å². The van der Waals surface area contributed by atoms with Crippen molar-refractivity contribution in [2.24, 2.45) is 11.3 Å². The fraction of sp³-hybridized carbons (Fsp3) is 0.591. The van der Waals surface area contributed by atoms with E-state index in [0.717, 1.165) is 57.0 Å². The average Bonchev–Trinajstić information content (AvgIpc) is 3.51. The summed E-state index contributed by atoms with van der Waals surface area (Å²) >= 11 is 0. The molecule has 1 atom stereocenters. The number of aromatic nitrogens is 1. The number of carbonyl (C=O) groups excluding carboxylic acids is 1. The van der Waals surface area contributed by atoms with Gasteiger partial charge in [0, 0.05) is 38.7 Å². The molecule has 2 fully saturated rings. The van der Waals surface area contributed by atoms with Crippen molar-refractivity contribution in [2.75, 3.05) is 39.9 Å². The Morgan fingerprint density at radius 2 is 2.00 bits per heavy atom. The van der Waals surface area contributed by atoms with E-state index in [9.17, 15) is 18.0 Å². The largest absolute Gasteiger partial charge is 0.490 e. The Bertz CT molecular complexity index is 951. The van der Waals surface area contributed by atoms with Crippen molar-refractivity contribution in [1.82, 2.24) is 15.0 Å². The van der Waals surface area contributed by atoms with Crippen molar-refractivity contribution >= 4 is 11.9 Å². The van der Waals surface area contributed by atoms with Crippen molar-refractivity contribution in [3.63, 3.8) is 0 Å². The van der Waals surface area contributed by atoms with Crippen LogP contribution in [-0.4, -0.2) is 78.0 Å². The number of carboxylic acids is 1. The molecule has 0 aromatic carbocycles. The smallest absolute Gasteiger partial charge is 0.475 e. The number of furan rings is 1. The molecular formula is C22H28F3N3O6. The number of rotatable bonds is 5. The van der Waals surface area contributed by atoms with Gasteiger partial charge in [0.15, 0.2) is 5.76 Å². The molecule has 4 rings (SSSR count). The number of methoxy groups -OCH3 is 1. The van der Waals surface area contributed by atoms with Crippen LogP contribution in [0, 0.1) is 18.3 Å². The fourth-order valence-corrected chi connectivity index (χ4v) is 4.62. The van der Waals surface area contributed by atoms with Gasteiger partial charge in [-0.1, -0.05) is 5.16 Å². The van der Waals surface area contributed by atoms with Crippen LogP contribution in [0.1, 0.15) is 34.9 Å². The number of aliphatic carboxylic acids is 1. The van der Waals surface area contributed by atoms with Gasteiger partial charge in [0.2, 0.25) is 0 Å². The van der Waals surface area contributed by atoms with E-state index < -0.39 is 12.1 Å². The number of hydrogen-bond acceptors (Lipinski definition) is 7. The molecule has 34 heavy (non-hydrogen) atoms. The van der Waals surface area contributed by atoms with Crippen molar-refractivity contribution in [3.8, 4) is 0 Å². The number of amides is 1. The van der Waals surface area contributed by atoms with Gasteiger partial charge in [-0.3, -0.25) is 9.69 Å². The fourth-order valence-electron chi connectivity index (χ4n) is 4.62. The highest BCUT2D eigenvalue weighted by Crippen LogP contribution is 2.45. The Labute approximate surface area is 194 Å². The molecular weight excluding hydrogens is 459 g/mol. The number of hydrogen-bond donors (Lipinski definition) is 1. The van der Waals surface area contributed by atoms with Gasteiger partial charge in [0.25, 0.3) is 5.91 Å². The van der Waals surface area contributed by atoms with Crippen LogP contribution in [0.25, 0.3) is 0 Å². The normalized spacial score (nSPS) is 20.3. The molecule has 4 heterocycles. The lowest BCUT2D eigenvalue weighted by Crippen LogP contribution is -2.45. The second-order valence-electron chi connectivity index (χ2n) is 8.69. The van der Waals surface area contributed by atoms with E-state index in [1.54, 1.807) is 25.5 Å².